The van der Waals surface area contributed by atoms with Crippen molar-refractivity contribution < 1.29 is 23.7 Å². The molecule has 1 aromatic rings. The van der Waals surface area contributed by atoms with Crippen molar-refractivity contribution in [3.63, 3.8) is 0 Å². The SMILES string of the molecule is CCOC(OCC)(OCC)c1cc(Cl)c(OC)c(OC)c1. The molecule has 0 saturated heterocycles. The smallest absolute Gasteiger partial charge is 0.312 e. The lowest BCUT2D eigenvalue weighted by Crippen LogP contribution is -2.36. The highest BCUT2D eigenvalue weighted by atomic mass is 35.5. The lowest BCUT2D eigenvalue weighted by Gasteiger charge is -2.33. The third-order valence-corrected chi connectivity index (χ3v) is 3.07. The van der Waals surface area contributed by atoms with Crippen LogP contribution in [0.2, 0.25) is 5.02 Å². The molecule has 0 amide bonds. The second kappa shape index (κ2) is 8.44. The fraction of sp³-hybridized carbons (Fsp3) is 0.600. The minimum Gasteiger partial charge on any atom is -0.493 e. The highest BCUT2D eigenvalue weighted by Crippen LogP contribution is 2.41. The summed E-state index contributed by atoms with van der Waals surface area (Å²) in [7, 11) is 3.08. The number of rotatable bonds is 9. The first kappa shape index (κ1) is 18.0. The first-order valence-electron chi connectivity index (χ1n) is 6.92. The summed E-state index contributed by atoms with van der Waals surface area (Å²) in [5.74, 6) is -0.355. The van der Waals surface area contributed by atoms with Crippen molar-refractivity contribution in [2.75, 3.05) is 34.0 Å². The Hall–Kier alpha value is -1.01. The highest BCUT2D eigenvalue weighted by Gasteiger charge is 2.36. The van der Waals surface area contributed by atoms with Crippen molar-refractivity contribution >= 4 is 11.6 Å². The number of hydrogen-bond donors (Lipinski definition) is 0. The predicted octanol–water partition coefficient (Wildman–Crippen LogP) is 3.58. The Bertz CT molecular complexity index is 433. The number of halogens is 1. The number of ether oxygens (including phenoxy) is 5. The molecule has 0 unspecified atom stereocenters. The zero-order valence-corrected chi connectivity index (χ0v) is 14.0. The maximum atomic E-state index is 6.25. The van der Waals surface area contributed by atoms with Gasteiger partial charge < -0.3 is 23.7 Å². The van der Waals surface area contributed by atoms with E-state index in [0.717, 1.165) is 0 Å². The molecule has 0 spiro atoms. The summed E-state index contributed by atoms with van der Waals surface area (Å²) in [6, 6.07) is 3.44. The van der Waals surface area contributed by atoms with Crippen molar-refractivity contribution in [2.24, 2.45) is 0 Å². The minimum atomic E-state index is -1.30. The maximum absolute atomic E-state index is 6.25. The van der Waals surface area contributed by atoms with Gasteiger partial charge in [0.1, 0.15) is 0 Å². The van der Waals surface area contributed by atoms with Gasteiger partial charge in [0.15, 0.2) is 11.5 Å². The molecular formula is C15H23ClO5. The van der Waals surface area contributed by atoms with Gasteiger partial charge in [-0.1, -0.05) is 11.6 Å². The van der Waals surface area contributed by atoms with E-state index >= 15 is 0 Å². The molecule has 0 aromatic heterocycles. The Balaban J connectivity index is 3.38. The van der Waals surface area contributed by atoms with E-state index in [4.69, 9.17) is 35.3 Å². The van der Waals surface area contributed by atoms with Gasteiger partial charge in [0, 0.05) is 25.4 Å². The third kappa shape index (κ3) is 4.01. The van der Waals surface area contributed by atoms with Gasteiger partial charge in [0.25, 0.3) is 0 Å². The third-order valence-electron chi connectivity index (χ3n) is 2.79. The second-order valence-electron chi connectivity index (χ2n) is 4.05. The van der Waals surface area contributed by atoms with Gasteiger partial charge in [-0.2, -0.15) is 0 Å². The molecule has 0 N–H and O–H groups in total. The lowest BCUT2D eigenvalue weighted by atomic mass is 10.1. The zero-order chi connectivity index (χ0) is 15.9. The van der Waals surface area contributed by atoms with Crippen LogP contribution in [0.3, 0.4) is 0 Å². The van der Waals surface area contributed by atoms with Crippen LogP contribution in [0.15, 0.2) is 12.1 Å². The summed E-state index contributed by atoms with van der Waals surface area (Å²) in [6.45, 7) is 6.88. The van der Waals surface area contributed by atoms with Crippen LogP contribution in [0.1, 0.15) is 26.3 Å². The molecule has 0 radical (unpaired) electrons. The van der Waals surface area contributed by atoms with Crippen molar-refractivity contribution in [2.45, 2.75) is 26.7 Å². The minimum absolute atomic E-state index is 0.398. The predicted molar refractivity (Wildman–Crippen MR) is 81.1 cm³/mol. The lowest BCUT2D eigenvalue weighted by molar-refractivity contribution is -0.389. The summed E-state index contributed by atoms with van der Waals surface area (Å²) in [6.07, 6.45) is 0. The Kier molecular flexibility index (Phi) is 7.25. The Morgan fingerprint density at radius 1 is 0.905 bits per heavy atom. The average Bonchev–Trinajstić information content (AvgIpc) is 2.47. The van der Waals surface area contributed by atoms with Crippen LogP contribution >= 0.6 is 11.6 Å². The summed E-state index contributed by atoms with van der Waals surface area (Å²) in [5.41, 5.74) is 0.621. The van der Waals surface area contributed by atoms with E-state index in [1.807, 2.05) is 20.8 Å². The summed E-state index contributed by atoms with van der Waals surface area (Å²) < 4.78 is 27.7. The van der Waals surface area contributed by atoms with E-state index in [2.05, 4.69) is 0 Å². The van der Waals surface area contributed by atoms with E-state index < -0.39 is 5.97 Å². The van der Waals surface area contributed by atoms with Crippen molar-refractivity contribution in [3.05, 3.63) is 22.7 Å². The molecule has 0 fully saturated rings. The van der Waals surface area contributed by atoms with Crippen molar-refractivity contribution in [3.8, 4) is 11.5 Å². The van der Waals surface area contributed by atoms with Crippen LogP contribution in [-0.2, 0) is 20.2 Å². The van der Waals surface area contributed by atoms with Crippen LogP contribution in [0.5, 0.6) is 11.5 Å². The molecule has 0 atom stereocenters. The summed E-state index contributed by atoms with van der Waals surface area (Å²) >= 11 is 6.25. The molecule has 21 heavy (non-hydrogen) atoms. The topological polar surface area (TPSA) is 46.2 Å². The molecule has 1 rings (SSSR count). The van der Waals surface area contributed by atoms with Crippen molar-refractivity contribution in [1.82, 2.24) is 0 Å². The second-order valence-corrected chi connectivity index (χ2v) is 4.46. The largest absolute Gasteiger partial charge is 0.493 e. The van der Waals surface area contributed by atoms with Crippen LogP contribution < -0.4 is 9.47 Å². The van der Waals surface area contributed by atoms with Crippen LogP contribution in [0.25, 0.3) is 0 Å². The molecule has 0 aliphatic heterocycles. The van der Waals surface area contributed by atoms with Crippen molar-refractivity contribution in [1.29, 1.82) is 0 Å². The van der Waals surface area contributed by atoms with Gasteiger partial charge in [-0.05, 0) is 32.9 Å². The van der Waals surface area contributed by atoms with E-state index in [9.17, 15) is 0 Å². The molecular weight excluding hydrogens is 296 g/mol. The molecule has 0 aliphatic carbocycles. The van der Waals surface area contributed by atoms with Crippen LogP contribution in [0, 0.1) is 0 Å². The van der Waals surface area contributed by atoms with Gasteiger partial charge in [-0.3, -0.25) is 0 Å². The molecule has 0 bridgehead atoms. The highest BCUT2D eigenvalue weighted by molar-refractivity contribution is 6.32. The first-order valence-corrected chi connectivity index (χ1v) is 7.30. The number of hydrogen-bond acceptors (Lipinski definition) is 5. The fourth-order valence-electron chi connectivity index (χ4n) is 2.04. The standard InChI is InChI=1S/C15H23ClO5/c1-6-19-15(20-7-2,21-8-3)11-9-12(16)14(18-5)13(10-11)17-4/h9-10H,6-8H2,1-5H3. The first-order chi connectivity index (χ1) is 10.1. The van der Waals surface area contributed by atoms with Crippen LogP contribution in [0.4, 0.5) is 0 Å². The van der Waals surface area contributed by atoms with Gasteiger partial charge in [0.2, 0.25) is 0 Å². The van der Waals surface area contributed by atoms with Gasteiger partial charge in [-0.15, -0.1) is 0 Å². The Morgan fingerprint density at radius 2 is 1.43 bits per heavy atom. The molecule has 0 saturated carbocycles. The number of benzene rings is 1. The van der Waals surface area contributed by atoms with E-state index in [0.29, 0.717) is 41.9 Å². The van der Waals surface area contributed by atoms with Gasteiger partial charge in [-0.25, -0.2) is 0 Å². The Morgan fingerprint density at radius 3 is 1.81 bits per heavy atom. The van der Waals surface area contributed by atoms with E-state index in [1.54, 1.807) is 19.2 Å². The summed E-state index contributed by atoms with van der Waals surface area (Å²) in [4.78, 5) is 0. The number of methoxy groups -OCH3 is 2. The monoisotopic (exact) mass is 318 g/mol. The fourth-order valence-corrected chi connectivity index (χ4v) is 2.33. The average molecular weight is 319 g/mol. The molecule has 5 nitrogen and oxygen atoms in total. The van der Waals surface area contributed by atoms with E-state index in [-0.39, 0.29) is 0 Å². The van der Waals surface area contributed by atoms with E-state index in [1.165, 1.54) is 7.11 Å². The normalized spacial score (nSPS) is 11.5. The zero-order valence-electron chi connectivity index (χ0n) is 13.2. The molecule has 6 heteroatoms. The maximum Gasteiger partial charge on any atom is 0.312 e. The van der Waals surface area contributed by atoms with Crippen LogP contribution in [-0.4, -0.2) is 34.0 Å². The van der Waals surface area contributed by atoms with Gasteiger partial charge in [0.05, 0.1) is 19.2 Å². The molecule has 0 aliphatic rings. The summed E-state index contributed by atoms with van der Waals surface area (Å²) in [5, 5.41) is 0.398. The molecule has 1 aromatic carbocycles. The van der Waals surface area contributed by atoms with Gasteiger partial charge >= 0.3 is 5.97 Å². The molecule has 120 valence electrons. The Labute approximate surface area is 131 Å². The molecule has 0 heterocycles. The quantitative estimate of drug-likeness (QED) is 0.651.